The number of carbonyl (C=O) groups excluding carboxylic acids is 1. The summed E-state index contributed by atoms with van der Waals surface area (Å²) in [6, 6.07) is 6.42. The molecule has 1 aliphatic heterocycles. The van der Waals surface area contributed by atoms with Gasteiger partial charge in [-0.25, -0.2) is 13.4 Å². The highest BCUT2D eigenvalue weighted by atomic mass is 35.5. The van der Waals surface area contributed by atoms with E-state index in [-0.39, 0.29) is 17.1 Å². The minimum atomic E-state index is -3.43. The zero-order chi connectivity index (χ0) is 18.7. The van der Waals surface area contributed by atoms with Gasteiger partial charge in [0.15, 0.2) is 11.2 Å². The van der Waals surface area contributed by atoms with Gasteiger partial charge in [0, 0.05) is 6.20 Å². The molecule has 1 saturated heterocycles. The van der Waals surface area contributed by atoms with Crippen molar-refractivity contribution in [1.82, 2.24) is 9.29 Å². The molecule has 0 bridgehead atoms. The van der Waals surface area contributed by atoms with E-state index in [0.29, 0.717) is 36.1 Å². The van der Waals surface area contributed by atoms with Gasteiger partial charge in [-0.05, 0) is 30.5 Å². The van der Waals surface area contributed by atoms with Crippen molar-refractivity contribution in [2.24, 2.45) is 0 Å². The van der Waals surface area contributed by atoms with Gasteiger partial charge < -0.3 is 10.2 Å². The highest BCUT2D eigenvalue weighted by molar-refractivity contribution is 7.91. The molecule has 3 heterocycles. The number of amides is 1. The van der Waals surface area contributed by atoms with Gasteiger partial charge in [0.1, 0.15) is 4.21 Å². The number of nitrogens with zero attached hydrogens (tertiary/aromatic N) is 2. The summed E-state index contributed by atoms with van der Waals surface area (Å²) in [6.45, 7) is 3.75. The van der Waals surface area contributed by atoms with E-state index in [1.54, 1.807) is 35.8 Å². The largest absolute Gasteiger partial charge is 0.323 e. The van der Waals surface area contributed by atoms with E-state index in [2.05, 4.69) is 10.3 Å². The second-order valence-corrected chi connectivity index (χ2v) is 9.52. The van der Waals surface area contributed by atoms with E-state index in [4.69, 9.17) is 11.6 Å². The summed E-state index contributed by atoms with van der Waals surface area (Å²) in [5.74, 6) is -0.163. The van der Waals surface area contributed by atoms with Crippen LogP contribution in [0.2, 0.25) is 5.15 Å². The van der Waals surface area contributed by atoms with Gasteiger partial charge in [-0.1, -0.05) is 17.7 Å². The molecule has 10 heteroatoms. The van der Waals surface area contributed by atoms with Crippen molar-refractivity contribution in [3.8, 4) is 0 Å². The molecule has 0 aliphatic carbocycles. The van der Waals surface area contributed by atoms with Gasteiger partial charge in [0.25, 0.3) is 15.9 Å². The number of pyridine rings is 1. The quantitative estimate of drug-likeness (QED) is 0.704. The molecular weight excluding hydrogens is 396 g/mol. The summed E-state index contributed by atoms with van der Waals surface area (Å²) in [4.78, 5) is 17.5. The molecule has 0 aromatic carbocycles. The first kappa shape index (κ1) is 19.2. The number of nitrogens with one attached hydrogen (secondary N) is 2. The predicted octanol–water partition coefficient (Wildman–Crippen LogP) is 0.713. The number of hydrogen-bond acceptors (Lipinski definition) is 5. The Morgan fingerprint density at radius 1 is 1.35 bits per heavy atom. The molecule has 140 valence electrons. The molecule has 1 fully saturated rings. The molecule has 0 spiro atoms. The van der Waals surface area contributed by atoms with Crippen molar-refractivity contribution in [3.63, 3.8) is 0 Å². The minimum Gasteiger partial charge on any atom is -0.323 e. The first-order chi connectivity index (χ1) is 12.4. The number of rotatable bonds is 5. The Morgan fingerprint density at radius 2 is 2.08 bits per heavy atom. The molecule has 0 saturated carbocycles. The smallest absolute Gasteiger partial charge is 0.282 e. The average molecular weight is 416 g/mol. The molecule has 2 aromatic rings. The van der Waals surface area contributed by atoms with Crippen LogP contribution in [-0.4, -0.2) is 55.8 Å². The molecule has 2 N–H and O–H groups in total. The first-order valence-corrected chi connectivity index (χ1v) is 10.9. The third-order valence-corrected chi connectivity index (χ3v) is 8.05. The van der Waals surface area contributed by atoms with Gasteiger partial charge in [0.2, 0.25) is 0 Å². The molecule has 3 rings (SSSR count). The molecule has 1 atom stereocenters. The summed E-state index contributed by atoms with van der Waals surface area (Å²) in [5.41, 5.74) is 0.476. The number of sulfonamides is 1. The van der Waals surface area contributed by atoms with Crippen molar-refractivity contribution < 1.29 is 18.1 Å². The normalized spacial score (nSPS) is 17.8. The van der Waals surface area contributed by atoms with Crippen LogP contribution >= 0.6 is 22.9 Å². The number of quaternary nitrogens is 1. The Kier molecular flexibility index (Phi) is 5.93. The van der Waals surface area contributed by atoms with Crippen LogP contribution in [0.15, 0.2) is 40.1 Å². The lowest BCUT2D eigenvalue weighted by atomic mass is 10.2. The lowest BCUT2D eigenvalue weighted by Crippen LogP contribution is -3.19. The number of anilines is 1. The Hall–Kier alpha value is -1.52. The highest BCUT2D eigenvalue weighted by Crippen LogP contribution is 2.21. The summed E-state index contributed by atoms with van der Waals surface area (Å²) in [6.07, 6.45) is 1.56. The summed E-state index contributed by atoms with van der Waals surface area (Å²) >= 11 is 7.19. The van der Waals surface area contributed by atoms with Crippen molar-refractivity contribution >= 4 is 44.6 Å². The zero-order valence-corrected chi connectivity index (χ0v) is 16.6. The second-order valence-electron chi connectivity index (χ2n) is 6.05. The van der Waals surface area contributed by atoms with Crippen LogP contribution in [0.1, 0.15) is 6.92 Å². The molecule has 0 radical (unpaired) electrons. The topological polar surface area (TPSA) is 83.8 Å². The van der Waals surface area contributed by atoms with E-state index >= 15 is 0 Å². The Balaban J connectivity index is 1.59. The maximum Gasteiger partial charge on any atom is 0.282 e. The number of halogens is 1. The van der Waals surface area contributed by atoms with Crippen LogP contribution in [0.25, 0.3) is 0 Å². The maximum absolute atomic E-state index is 12.6. The Bertz CT molecular complexity index is 865. The van der Waals surface area contributed by atoms with Crippen LogP contribution in [0.5, 0.6) is 0 Å². The van der Waals surface area contributed by atoms with Crippen LogP contribution in [0.3, 0.4) is 0 Å². The average Bonchev–Trinajstić information content (AvgIpc) is 3.18. The fraction of sp³-hybridized carbons (Fsp3) is 0.375. The predicted molar refractivity (Wildman–Crippen MR) is 101 cm³/mol. The zero-order valence-electron chi connectivity index (χ0n) is 14.2. The van der Waals surface area contributed by atoms with Crippen LogP contribution in [0, 0.1) is 0 Å². The number of hydrogen-bond donors (Lipinski definition) is 2. The first-order valence-electron chi connectivity index (χ1n) is 8.19. The molecular formula is C16H20ClN4O3S2+. The van der Waals surface area contributed by atoms with Crippen LogP contribution < -0.4 is 10.2 Å². The molecule has 26 heavy (non-hydrogen) atoms. The molecule has 1 amide bonds. The highest BCUT2D eigenvalue weighted by Gasteiger charge is 2.34. The van der Waals surface area contributed by atoms with Crippen LogP contribution in [-0.2, 0) is 14.8 Å². The second kappa shape index (κ2) is 8.01. The Morgan fingerprint density at radius 3 is 2.69 bits per heavy atom. The monoisotopic (exact) mass is 415 g/mol. The van der Waals surface area contributed by atoms with Crippen molar-refractivity contribution in [3.05, 3.63) is 41.0 Å². The van der Waals surface area contributed by atoms with Crippen molar-refractivity contribution in [1.29, 1.82) is 0 Å². The summed E-state index contributed by atoms with van der Waals surface area (Å²) < 4.78 is 27.0. The number of piperazine rings is 1. The van der Waals surface area contributed by atoms with Gasteiger partial charge in [-0.3, -0.25) is 4.79 Å². The van der Waals surface area contributed by atoms with Crippen molar-refractivity contribution in [2.75, 3.05) is 31.5 Å². The van der Waals surface area contributed by atoms with Crippen LogP contribution in [0.4, 0.5) is 5.69 Å². The number of thiophene rings is 1. The summed E-state index contributed by atoms with van der Waals surface area (Å²) in [7, 11) is -3.43. The summed E-state index contributed by atoms with van der Waals surface area (Å²) in [5, 5.41) is 4.79. The van der Waals surface area contributed by atoms with Gasteiger partial charge in [-0.2, -0.15) is 4.31 Å². The van der Waals surface area contributed by atoms with E-state index in [1.807, 2.05) is 6.92 Å². The maximum atomic E-state index is 12.6. The molecule has 2 aromatic heterocycles. The fourth-order valence-electron chi connectivity index (χ4n) is 2.89. The number of carbonyl (C=O) groups is 1. The molecule has 0 unspecified atom stereocenters. The van der Waals surface area contributed by atoms with E-state index in [9.17, 15) is 13.2 Å². The van der Waals surface area contributed by atoms with Gasteiger partial charge >= 0.3 is 0 Å². The fourth-order valence-corrected chi connectivity index (χ4v) is 5.64. The minimum absolute atomic E-state index is 0.163. The lowest BCUT2D eigenvalue weighted by Gasteiger charge is -2.33. The number of aromatic nitrogens is 1. The Labute approximate surface area is 161 Å². The third kappa shape index (κ3) is 4.07. The van der Waals surface area contributed by atoms with E-state index in [0.717, 1.165) is 4.90 Å². The van der Waals surface area contributed by atoms with Crippen molar-refractivity contribution in [2.45, 2.75) is 17.2 Å². The molecule has 7 nitrogen and oxygen atoms in total. The standard InChI is InChI=1S/C16H19ClN4O3S2/c1-12(16(22)19-13-4-2-6-18-15(13)17)20-7-9-21(10-8-20)26(23,24)14-5-3-11-25-14/h2-6,11-12H,7-10H2,1H3,(H,19,22)/p+1/t12-/m0/s1. The third-order valence-electron chi connectivity index (χ3n) is 4.48. The van der Waals surface area contributed by atoms with E-state index in [1.165, 1.54) is 15.6 Å². The van der Waals surface area contributed by atoms with Gasteiger partial charge in [-0.15, -0.1) is 11.3 Å². The SMILES string of the molecule is C[C@@H](C(=O)Nc1cccnc1Cl)[NH+]1CCN(S(=O)(=O)c2cccs2)CC1. The van der Waals surface area contributed by atoms with Gasteiger partial charge in [0.05, 0.1) is 31.9 Å². The van der Waals surface area contributed by atoms with E-state index < -0.39 is 10.0 Å². The lowest BCUT2D eigenvalue weighted by molar-refractivity contribution is -0.917. The molecule has 1 aliphatic rings.